The molecular weight excluding hydrogens is 532 g/mol. The predicted molar refractivity (Wildman–Crippen MR) is 135 cm³/mol. The second kappa shape index (κ2) is 12.5. The molecule has 2 fully saturated rings. The van der Waals surface area contributed by atoms with Crippen LogP contribution in [0, 0.1) is 17.8 Å². The van der Waals surface area contributed by atoms with Gasteiger partial charge in [-0.05, 0) is 36.1 Å². The fourth-order valence-corrected chi connectivity index (χ4v) is 5.39. The average Bonchev–Trinajstić information content (AvgIpc) is 3.25. The first-order chi connectivity index (χ1) is 19.1. The van der Waals surface area contributed by atoms with E-state index in [1.807, 2.05) is 0 Å². The zero-order chi connectivity index (χ0) is 29.1. The zero-order valence-electron chi connectivity index (χ0n) is 22.2. The number of carboxylic acid groups (broad SMARTS) is 1. The van der Waals surface area contributed by atoms with Crippen LogP contribution in [0.2, 0.25) is 0 Å². The maximum atomic E-state index is 12.7. The summed E-state index contributed by atoms with van der Waals surface area (Å²) in [6.45, 7) is 1.06. The summed E-state index contributed by atoms with van der Waals surface area (Å²) in [7, 11) is 2.96. The van der Waals surface area contributed by atoms with Crippen LogP contribution in [0.15, 0.2) is 36.1 Å². The predicted octanol–water partition coefficient (Wildman–Crippen LogP) is 0.0423. The number of hydrogen-bond donors (Lipinski definition) is 5. The van der Waals surface area contributed by atoms with Gasteiger partial charge in [0.25, 0.3) is 0 Å². The van der Waals surface area contributed by atoms with Crippen LogP contribution in [0.1, 0.15) is 18.9 Å². The number of rotatable bonds is 9. The van der Waals surface area contributed by atoms with Crippen molar-refractivity contribution in [1.29, 1.82) is 0 Å². The van der Waals surface area contributed by atoms with Crippen molar-refractivity contribution in [2.75, 3.05) is 20.8 Å². The number of aliphatic hydroxyl groups is 4. The Morgan fingerprint density at radius 2 is 1.80 bits per heavy atom. The second-order valence-corrected chi connectivity index (χ2v) is 9.92. The fourth-order valence-electron chi connectivity index (χ4n) is 5.39. The number of carboxylic acids is 1. The van der Waals surface area contributed by atoms with Crippen LogP contribution in [0.3, 0.4) is 0 Å². The molecule has 40 heavy (non-hydrogen) atoms. The van der Waals surface area contributed by atoms with Gasteiger partial charge in [0, 0.05) is 17.9 Å². The van der Waals surface area contributed by atoms with E-state index in [2.05, 4.69) is 0 Å². The molecule has 10 atom stereocenters. The summed E-state index contributed by atoms with van der Waals surface area (Å²) in [5, 5.41) is 50.8. The lowest BCUT2D eigenvalue weighted by Crippen LogP contribution is -2.61. The van der Waals surface area contributed by atoms with E-state index < -0.39 is 79.4 Å². The SMILES string of the molecule is COc1ccc(C=CC(=O)O[C@H]2[C@H](O[C@@H]3OC=C(C(=O)O)[C@H]4C[C@H](O)[C@H](C)[C@@H]34)O[C@H](CO)[C@@H](O)[C@@H]2O)cc1OC. The number of esters is 1. The van der Waals surface area contributed by atoms with E-state index in [4.69, 9.17) is 28.4 Å². The average molecular weight is 567 g/mol. The summed E-state index contributed by atoms with van der Waals surface area (Å²) in [6, 6.07) is 4.97. The molecule has 5 N–H and O–H groups in total. The molecule has 220 valence electrons. The van der Waals surface area contributed by atoms with Crippen molar-refractivity contribution in [3.63, 3.8) is 0 Å². The summed E-state index contributed by atoms with van der Waals surface area (Å²) in [5.41, 5.74) is 0.574. The van der Waals surface area contributed by atoms with Crippen LogP contribution in [-0.4, -0.2) is 101 Å². The minimum atomic E-state index is -1.70. The monoisotopic (exact) mass is 566 g/mol. The standard InChI is InChI=1S/C27H34O13/c1-12-16(29)9-14-15(25(33)34)11-37-26(21(12)14)40-27-24(23(32)22(31)19(10-28)38-27)39-20(30)7-5-13-4-6-17(35-2)18(8-13)36-3/h4-8,11-12,14,16,19,21-24,26-29,31-32H,9-10H2,1-3H3,(H,33,34)/t12-,14+,16-,19+,21+,22+,23-,24+,26-,27-/m0/s1. The topological polar surface area (TPSA) is 191 Å². The molecule has 3 aliphatic rings. The third kappa shape index (κ3) is 5.94. The van der Waals surface area contributed by atoms with Gasteiger partial charge >= 0.3 is 11.9 Å². The number of fused-ring (bicyclic) bond motifs is 1. The van der Waals surface area contributed by atoms with Crippen molar-refractivity contribution in [2.24, 2.45) is 17.8 Å². The first kappa shape index (κ1) is 29.8. The van der Waals surface area contributed by atoms with Crippen molar-refractivity contribution >= 4 is 18.0 Å². The van der Waals surface area contributed by atoms with Gasteiger partial charge in [0.1, 0.15) is 18.3 Å². The number of methoxy groups -OCH3 is 2. The highest BCUT2D eigenvalue weighted by atomic mass is 16.8. The number of benzene rings is 1. The summed E-state index contributed by atoms with van der Waals surface area (Å²) < 4.78 is 33.1. The van der Waals surface area contributed by atoms with Crippen molar-refractivity contribution in [1.82, 2.24) is 0 Å². The minimum absolute atomic E-state index is 0.00946. The lowest BCUT2D eigenvalue weighted by atomic mass is 9.83. The summed E-state index contributed by atoms with van der Waals surface area (Å²) >= 11 is 0. The molecule has 0 amide bonds. The Bertz CT molecular complexity index is 1130. The highest BCUT2D eigenvalue weighted by Crippen LogP contribution is 2.47. The molecule has 0 spiro atoms. The van der Waals surface area contributed by atoms with Gasteiger partial charge < -0.3 is 54.0 Å². The highest BCUT2D eigenvalue weighted by molar-refractivity contribution is 5.87. The van der Waals surface area contributed by atoms with Gasteiger partial charge in [0.15, 0.2) is 17.6 Å². The van der Waals surface area contributed by atoms with Crippen LogP contribution in [0.25, 0.3) is 6.08 Å². The van der Waals surface area contributed by atoms with Gasteiger partial charge in [-0.1, -0.05) is 13.0 Å². The Balaban J connectivity index is 1.53. The molecule has 1 aliphatic carbocycles. The van der Waals surface area contributed by atoms with Gasteiger partial charge in [-0.25, -0.2) is 9.59 Å². The van der Waals surface area contributed by atoms with Crippen molar-refractivity contribution in [3.8, 4) is 11.5 Å². The molecule has 1 aromatic rings. The molecule has 2 heterocycles. The molecule has 0 radical (unpaired) electrons. The summed E-state index contributed by atoms with van der Waals surface area (Å²) in [5.74, 6) is -2.75. The van der Waals surface area contributed by atoms with Gasteiger partial charge in [-0.2, -0.15) is 0 Å². The highest BCUT2D eigenvalue weighted by Gasteiger charge is 2.54. The minimum Gasteiger partial charge on any atom is -0.493 e. The lowest BCUT2D eigenvalue weighted by molar-refractivity contribution is -0.343. The third-order valence-electron chi connectivity index (χ3n) is 7.63. The molecule has 0 bridgehead atoms. The van der Waals surface area contributed by atoms with Crippen molar-refractivity contribution < 1.29 is 63.5 Å². The third-order valence-corrected chi connectivity index (χ3v) is 7.63. The van der Waals surface area contributed by atoms with Gasteiger partial charge in [-0.15, -0.1) is 0 Å². The first-order valence-electron chi connectivity index (χ1n) is 12.7. The summed E-state index contributed by atoms with van der Waals surface area (Å²) in [6.07, 6.45) is -5.83. The van der Waals surface area contributed by atoms with E-state index in [0.717, 1.165) is 12.3 Å². The Labute approximate surface area is 230 Å². The number of ether oxygens (including phenoxy) is 6. The quantitative estimate of drug-likeness (QED) is 0.199. The first-order valence-corrected chi connectivity index (χ1v) is 12.7. The van der Waals surface area contributed by atoms with Gasteiger partial charge in [-0.3, -0.25) is 0 Å². The smallest absolute Gasteiger partial charge is 0.334 e. The lowest BCUT2D eigenvalue weighted by Gasteiger charge is -2.44. The number of aliphatic carboxylic acids is 1. The van der Waals surface area contributed by atoms with Crippen molar-refractivity contribution in [2.45, 2.75) is 56.4 Å². The van der Waals surface area contributed by atoms with E-state index >= 15 is 0 Å². The summed E-state index contributed by atoms with van der Waals surface area (Å²) in [4.78, 5) is 24.5. The Morgan fingerprint density at radius 1 is 1.07 bits per heavy atom. The molecule has 1 saturated heterocycles. The molecule has 4 rings (SSSR count). The Kier molecular flexibility index (Phi) is 9.33. The van der Waals surface area contributed by atoms with E-state index in [1.54, 1.807) is 25.1 Å². The molecule has 1 saturated carbocycles. The Morgan fingerprint density at radius 3 is 2.45 bits per heavy atom. The van der Waals surface area contributed by atoms with E-state index in [-0.39, 0.29) is 12.0 Å². The van der Waals surface area contributed by atoms with Crippen molar-refractivity contribution in [3.05, 3.63) is 41.7 Å². The maximum absolute atomic E-state index is 12.7. The molecule has 13 nitrogen and oxygen atoms in total. The van der Waals surface area contributed by atoms with E-state index in [1.165, 1.54) is 20.3 Å². The number of carbonyl (C=O) groups is 2. The molecule has 0 unspecified atom stereocenters. The zero-order valence-corrected chi connectivity index (χ0v) is 22.2. The van der Waals surface area contributed by atoms with Crippen LogP contribution in [0.5, 0.6) is 11.5 Å². The maximum Gasteiger partial charge on any atom is 0.334 e. The van der Waals surface area contributed by atoms with Crippen LogP contribution < -0.4 is 9.47 Å². The fraction of sp³-hybridized carbons (Fsp3) is 0.556. The molecule has 1 aromatic carbocycles. The number of aliphatic hydroxyl groups excluding tert-OH is 4. The van der Waals surface area contributed by atoms with Crippen LogP contribution in [-0.2, 0) is 28.5 Å². The van der Waals surface area contributed by atoms with Gasteiger partial charge in [0.2, 0.25) is 12.6 Å². The molecular formula is C27H34O13. The van der Waals surface area contributed by atoms with Crippen LogP contribution in [0.4, 0.5) is 0 Å². The molecule has 0 aromatic heterocycles. The van der Waals surface area contributed by atoms with E-state index in [9.17, 15) is 35.1 Å². The molecule has 2 aliphatic heterocycles. The normalized spacial score (nSPS) is 35.4. The number of carbonyl (C=O) groups excluding carboxylic acids is 1. The van der Waals surface area contributed by atoms with Gasteiger partial charge in [0.05, 0.1) is 38.8 Å². The largest absolute Gasteiger partial charge is 0.493 e. The van der Waals surface area contributed by atoms with Crippen LogP contribution >= 0.6 is 0 Å². The van der Waals surface area contributed by atoms with E-state index in [0.29, 0.717) is 17.1 Å². The number of hydrogen-bond acceptors (Lipinski definition) is 12. The molecule has 13 heteroatoms. The Hall–Kier alpha value is -3.20. The second-order valence-electron chi connectivity index (χ2n) is 9.92.